The quantitative estimate of drug-likeness (QED) is 0.436. The van der Waals surface area contributed by atoms with Gasteiger partial charge in [0.25, 0.3) is 0 Å². The van der Waals surface area contributed by atoms with Gasteiger partial charge in [-0.15, -0.1) is 0 Å². The van der Waals surface area contributed by atoms with E-state index in [1.807, 2.05) is 0 Å². The van der Waals surface area contributed by atoms with E-state index in [9.17, 15) is 0 Å². The highest BCUT2D eigenvalue weighted by Crippen LogP contribution is 2.15. The summed E-state index contributed by atoms with van der Waals surface area (Å²) in [7, 11) is 1.80. The molecule has 0 aliphatic heterocycles. The van der Waals surface area contributed by atoms with E-state index in [-0.39, 0.29) is 0 Å². The predicted molar refractivity (Wildman–Crippen MR) is 83.0 cm³/mol. The van der Waals surface area contributed by atoms with E-state index in [0.29, 0.717) is 6.54 Å². The summed E-state index contributed by atoms with van der Waals surface area (Å²) in [5.41, 5.74) is 2.21. The summed E-state index contributed by atoms with van der Waals surface area (Å²) in [6.45, 7) is 8.05. The van der Waals surface area contributed by atoms with Gasteiger partial charge in [0.15, 0.2) is 5.96 Å². The molecule has 0 amide bonds. The van der Waals surface area contributed by atoms with Gasteiger partial charge in [-0.05, 0) is 12.8 Å². The topological polar surface area (TPSA) is 62.5 Å². The van der Waals surface area contributed by atoms with Gasteiger partial charge in [0.05, 0.1) is 5.69 Å². The molecule has 1 heterocycles. The SMILES string of the molecule is CCCCCNC(=NC)NCc1c(CC)noc1CC. The Labute approximate surface area is 122 Å². The minimum absolute atomic E-state index is 0.712. The van der Waals surface area contributed by atoms with Gasteiger partial charge in [-0.2, -0.15) is 0 Å². The number of guanidine groups is 1. The highest BCUT2D eigenvalue weighted by molar-refractivity contribution is 5.79. The first-order chi connectivity index (χ1) is 9.76. The average molecular weight is 280 g/mol. The summed E-state index contributed by atoms with van der Waals surface area (Å²) in [6.07, 6.45) is 5.41. The van der Waals surface area contributed by atoms with E-state index in [1.165, 1.54) is 24.8 Å². The summed E-state index contributed by atoms with van der Waals surface area (Å²) in [5.74, 6) is 1.81. The Morgan fingerprint density at radius 1 is 1.15 bits per heavy atom. The summed E-state index contributed by atoms with van der Waals surface area (Å²) >= 11 is 0. The smallest absolute Gasteiger partial charge is 0.191 e. The molecule has 0 bridgehead atoms. The molecule has 20 heavy (non-hydrogen) atoms. The molecular formula is C15H28N4O. The van der Waals surface area contributed by atoms with Crippen molar-refractivity contribution in [3.05, 3.63) is 17.0 Å². The number of aliphatic imine (C=N–C) groups is 1. The molecule has 1 aromatic rings. The lowest BCUT2D eigenvalue weighted by atomic mass is 10.1. The zero-order valence-electron chi connectivity index (χ0n) is 13.3. The first-order valence-electron chi connectivity index (χ1n) is 7.67. The molecule has 0 fully saturated rings. The van der Waals surface area contributed by atoms with Crippen molar-refractivity contribution in [2.75, 3.05) is 13.6 Å². The van der Waals surface area contributed by atoms with E-state index >= 15 is 0 Å². The third kappa shape index (κ3) is 4.87. The second-order valence-electron chi connectivity index (χ2n) is 4.80. The lowest BCUT2D eigenvalue weighted by Crippen LogP contribution is -2.37. The second kappa shape index (κ2) is 9.39. The number of hydrogen-bond acceptors (Lipinski definition) is 3. The molecule has 0 aromatic carbocycles. The van der Waals surface area contributed by atoms with Crippen molar-refractivity contribution in [2.45, 2.75) is 59.4 Å². The normalized spacial score (nSPS) is 11.7. The van der Waals surface area contributed by atoms with E-state index in [4.69, 9.17) is 4.52 Å². The standard InChI is InChI=1S/C15H28N4O/c1-5-8-9-10-17-15(16-4)18-11-12-13(6-2)19-20-14(12)7-3/h5-11H2,1-4H3,(H2,16,17,18). The van der Waals surface area contributed by atoms with Crippen molar-refractivity contribution in [1.29, 1.82) is 0 Å². The van der Waals surface area contributed by atoms with E-state index < -0.39 is 0 Å². The summed E-state index contributed by atoms with van der Waals surface area (Å²) in [6, 6.07) is 0. The van der Waals surface area contributed by atoms with Crippen LogP contribution in [0.5, 0.6) is 0 Å². The maximum atomic E-state index is 5.36. The molecule has 2 N–H and O–H groups in total. The molecule has 0 atom stereocenters. The van der Waals surface area contributed by atoms with Crippen LogP contribution >= 0.6 is 0 Å². The molecular weight excluding hydrogens is 252 g/mol. The molecule has 0 saturated carbocycles. The van der Waals surface area contributed by atoms with Crippen LogP contribution in [0, 0.1) is 0 Å². The highest BCUT2D eigenvalue weighted by Gasteiger charge is 2.13. The van der Waals surface area contributed by atoms with Gasteiger partial charge >= 0.3 is 0 Å². The first-order valence-corrected chi connectivity index (χ1v) is 7.67. The Morgan fingerprint density at radius 2 is 1.95 bits per heavy atom. The first kappa shape index (κ1) is 16.5. The Hall–Kier alpha value is -1.52. The predicted octanol–water partition coefficient (Wildman–Crippen LogP) is 2.65. The summed E-state index contributed by atoms with van der Waals surface area (Å²) in [4.78, 5) is 4.24. The van der Waals surface area contributed by atoms with Crippen LogP contribution in [0.1, 0.15) is 57.1 Å². The van der Waals surface area contributed by atoms with Crippen LogP contribution in [0.3, 0.4) is 0 Å². The van der Waals surface area contributed by atoms with Crippen LogP contribution < -0.4 is 10.6 Å². The molecule has 0 unspecified atom stereocenters. The van der Waals surface area contributed by atoms with E-state index in [0.717, 1.165) is 36.8 Å². The number of rotatable bonds is 8. The van der Waals surface area contributed by atoms with Crippen molar-refractivity contribution >= 4 is 5.96 Å². The lowest BCUT2D eigenvalue weighted by Gasteiger charge is -2.11. The Morgan fingerprint density at radius 3 is 2.55 bits per heavy atom. The van der Waals surface area contributed by atoms with Gasteiger partial charge in [0, 0.05) is 32.1 Å². The number of unbranched alkanes of at least 4 members (excludes halogenated alkanes) is 2. The van der Waals surface area contributed by atoms with Gasteiger partial charge in [-0.1, -0.05) is 38.8 Å². The third-order valence-electron chi connectivity index (χ3n) is 3.34. The average Bonchev–Trinajstić information content (AvgIpc) is 2.88. The van der Waals surface area contributed by atoms with Crippen LogP contribution in [0.4, 0.5) is 0 Å². The van der Waals surface area contributed by atoms with Gasteiger partial charge < -0.3 is 15.2 Å². The minimum Gasteiger partial charge on any atom is -0.361 e. The van der Waals surface area contributed by atoms with Crippen LogP contribution in [-0.2, 0) is 19.4 Å². The maximum absolute atomic E-state index is 5.36. The molecule has 0 aliphatic carbocycles. The molecule has 5 heteroatoms. The Bertz CT molecular complexity index is 391. The van der Waals surface area contributed by atoms with Crippen molar-refractivity contribution < 1.29 is 4.52 Å². The highest BCUT2D eigenvalue weighted by atomic mass is 16.5. The van der Waals surface area contributed by atoms with Gasteiger partial charge in [0.1, 0.15) is 5.76 Å². The van der Waals surface area contributed by atoms with Crippen molar-refractivity contribution in [3.8, 4) is 0 Å². The minimum atomic E-state index is 0.712. The number of aromatic nitrogens is 1. The molecule has 0 radical (unpaired) electrons. The number of aryl methyl sites for hydroxylation is 2. The molecule has 0 aliphatic rings. The van der Waals surface area contributed by atoms with E-state index in [2.05, 4.69) is 41.6 Å². The monoisotopic (exact) mass is 280 g/mol. The molecule has 5 nitrogen and oxygen atoms in total. The fourth-order valence-electron chi connectivity index (χ4n) is 2.11. The van der Waals surface area contributed by atoms with Crippen molar-refractivity contribution in [1.82, 2.24) is 15.8 Å². The largest absolute Gasteiger partial charge is 0.361 e. The Kier molecular flexibility index (Phi) is 7.77. The summed E-state index contributed by atoms with van der Waals surface area (Å²) < 4.78 is 5.36. The van der Waals surface area contributed by atoms with Gasteiger partial charge in [-0.25, -0.2) is 0 Å². The zero-order chi connectivity index (χ0) is 14.8. The van der Waals surface area contributed by atoms with Crippen molar-refractivity contribution in [2.24, 2.45) is 4.99 Å². The van der Waals surface area contributed by atoms with Crippen LogP contribution in [0.15, 0.2) is 9.52 Å². The third-order valence-corrected chi connectivity index (χ3v) is 3.34. The zero-order valence-corrected chi connectivity index (χ0v) is 13.3. The van der Waals surface area contributed by atoms with Crippen molar-refractivity contribution in [3.63, 3.8) is 0 Å². The number of hydrogen-bond donors (Lipinski definition) is 2. The maximum Gasteiger partial charge on any atom is 0.191 e. The van der Waals surface area contributed by atoms with Crippen LogP contribution in [-0.4, -0.2) is 24.7 Å². The lowest BCUT2D eigenvalue weighted by molar-refractivity contribution is 0.380. The number of nitrogens with one attached hydrogen (secondary N) is 2. The summed E-state index contributed by atoms with van der Waals surface area (Å²) in [5, 5.41) is 10.8. The molecule has 0 spiro atoms. The van der Waals surface area contributed by atoms with Crippen LogP contribution in [0.25, 0.3) is 0 Å². The molecule has 114 valence electrons. The van der Waals surface area contributed by atoms with Crippen LogP contribution in [0.2, 0.25) is 0 Å². The Balaban J connectivity index is 2.50. The molecule has 1 rings (SSSR count). The molecule has 1 aromatic heterocycles. The fourth-order valence-corrected chi connectivity index (χ4v) is 2.11. The van der Waals surface area contributed by atoms with E-state index in [1.54, 1.807) is 7.05 Å². The number of nitrogens with zero attached hydrogens (tertiary/aromatic N) is 2. The van der Waals surface area contributed by atoms with Gasteiger partial charge in [0.2, 0.25) is 0 Å². The van der Waals surface area contributed by atoms with Gasteiger partial charge in [-0.3, -0.25) is 4.99 Å². The fraction of sp³-hybridized carbons (Fsp3) is 0.733. The second-order valence-corrected chi connectivity index (χ2v) is 4.80. The molecule has 0 saturated heterocycles.